The summed E-state index contributed by atoms with van der Waals surface area (Å²) in [4.78, 5) is 2.71. The van der Waals surface area contributed by atoms with E-state index in [1.165, 1.54) is 32.5 Å². The normalized spacial score (nSPS) is 36.2. The molecule has 1 aliphatic heterocycles. The SMILES string of the molecule is CCNCC1CCN(C2CC2(C)C)C1. The highest BCUT2D eigenvalue weighted by Crippen LogP contribution is 2.49. The lowest BCUT2D eigenvalue weighted by Crippen LogP contribution is -2.29. The van der Waals surface area contributed by atoms with Crippen LogP contribution in [0.15, 0.2) is 0 Å². The highest BCUT2D eigenvalue weighted by atomic mass is 15.2. The number of nitrogens with zero attached hydrogens (tertiary/aromatic N) is 1. The zero-order valence-corrected chi connectivity index (χ0v) is 9.84. The van der Waals surface area contributed by atoms with Gasteiger partial charge in [-0.25, -0.2) is 0 Å². The first-order valence-corrected chi connectivity index (χ1v) is 6.08. The fraction of sp³-hybridized carbons (Fsp3) is 1.00. The minimum absolute atomic E-state index is 0.618. The van der Waals surface area contributed by atoms with Gasteiger partial charge in [0.05, 0.1) is 0 Å². The van der Waals surface area contributed by atoms with Gasteiger partial charge in [-0.05, 0) is 43.8 Å². The fourth-order valence-electron chi connectivity index (χ4n) is 2.72. The van der Waals surface area contributed by atoms with Crippen LogP contribution in [-0.2, 0) is 0 Å². The zero-order chi connectivity index (χ0) is 10.2. The Labute approximate surface area is 88.1 Å². The summed E-state index contributed by atoms with van der Waals surface area (Å²) in [5.41, 5.74) is 0.618. The Balaban J connectivity index is 1.73. The summed E-state index contributed by atoms with van der Waals surface area (Å²) < 4.78 is 0. The second-order valence-electron chi connectivity index (χ2n) is 5.67. The Morgan fingerprint density at radius 1 is 1.43 bits per heavy atom. The van der Waals surface area contributed by atoms with Crippen molar-refractivity contribution in [1.82, 2.24) is 10.2 Å². The highest BCUT2D eigenvalue weighted by molar-refractivity contribution is 5.04. The average molecular weight is 196 g/mol. The summed E-state index contributed by atoms with van der Waals surface area (Å²) in [6.07, 6.45) is 2.82. The van der Waals surface area contributed by atoms with Crippen LogP contribution in [0.3, 0.4) is 0 Å². The molecule has 2 rings (SSSR count). The molecule has 1 N–H and O–H groups in total. The van der Waals surface area contributed by atoms with Crippen LogP contribution in [0, 0.1) is 11.3 Å². The molecule has 0 aromatic rings. The Kier molecular flexibility index (Phi) is 2.85. The molecule has 1 saturated carbocycles. The molecular weight excluding hydrogens is 172 g/mol. The first-order valence-electron chi connectivity index (χ1n) is 6.08. The Hall–Kier alpha value is -0.0800. The molecule has 1 aliphatic carbocycles. The summed E-state index contributed by atoms with van der Waals surface area (Å²) >= 11 is 0. The van der Waals surface area contributed by atoms with Crippen LogP contribution in [0.4, 0.5) is 0 Å². The van der Waals surface area contributed by atoms with Crippen molar-refractivity contribution in [1.29, 1.82) is 0 Å². The maximum absolute atomic E-state index is 3.46. The number of rotatable bonds is 4. The molecule has 2 unspecified atom stereocenters. The van der Waals surface area contributed by atoms with E-state index in [0.717, 1.165) is 18.5 Å². The Morgan fingerprint density at radius 2 is 2.14 bits per heavy atom. The molecule has 2 fully saturated rings. The van der Waals surface area contributed by atoms with Crippen LogP contribution in [0.5, 0.6) is 0 Å². The van der Waals surface area contributed by atoms with E-state index in [1.807, 2.05) is 0 Å². The number of hydrogen-bond donors (Lipinski definition) is 1. The number of likely N-dealkylation sites (tertiary alicyclic amines) is 1. The summed E-state index contributed by atoms with van der Waals surface area (Å²) in [7, 11) is 0. The molecule has 1 saturated heterocycles. The molecule has 14 heavy (non-hydrogen) atoms. The second-order valence-corrected chi connectivity index (χ2v) is 5.67. The maximum atomic E-state index is 3.46. The van der Waals surface area contributed by atoms with Crippen LogP contribution < -0.4 is 5.32 Å². The van der Waals surface area contributed by atoms with Gasteiger partial charge in [0, 0.05) is 12.6 Å². The summed E-state index contributed by atoms with van der Waals surface area (Å²) in [6, 6.07) is 0.897. The predicted octanol–water partition coefficient (Wildman–Crippen LogP) is 1.72. The number of nitrogens with one attached hydrogen (secondary N) is 1. The molecule has 0 bridgehead atoms. The summed E-state index contributed by atoms with van der Waals surface area (Å²) in [6.45, 7) is 12.0. The van der Waals surface area contributed by atoms with Crippen molar-refractivity contribution in [2.75, 3.05) is 26.2 Å². The molecule has 2 atom stereocenters. The Bertz CT molecular complexity index is 200. The van der Waals surface area contributed by atoms with Gasteiger partial charge < -0.3 is 5.32 Å². The van der Waals surface area contributed by atoms with E-state index < -0.39 is 0 Å². The van der Waals surface area contributed by atoms with Gasteiger partial charge in [0.1, 0.15) is 0 Å². The predicted molar refractivity (Wildman–Crippen MR) is 60.4 cm³/mol. The molecule has 0 aromatic carbocycles. The summed E-state index contributed by atoms with van der Waals surface area (Å²) in [5, 5.41) is 3.46. The molecule has 0 radical (unpaired) electrons. The average Bonchev–Trinajstić information content (AvgIpc) is 2.63. The first-order chi connectivity index (χ1) is 6.63. The van der Waals surface area contributed by atoms with Gasteiger partial charge >= 0.3 is 0 Å². The van der Waals surface area contributed by atoms with Crippen LogP contribution >= 0.6 is 0 Å². The van der Waals surface area contributed by atoms with Crippen molar-refractivity contribution in [2.24, 2.45) is 11.3 Å². The molecular formula is C12H24N2. The lowest BCUT2D eigenvalue weighted by atomic mass is 10.1. The van der Waals surface area contributed by atoms with E-state index in [0.29, 0.717) is 5.41 Å². The minimum Gasteiger partial charge on any atom is -0.317 e. The molecule has 1 heterocycles. The van der Waals surface area contributed by atoms with Crippen molar-refractivity contribution in [2.45, 2.75) is 39.7 Å². The van der Waals surface area contributed by atoms with Crippen LogP contribution in [-0.4, -0.2) is 37.1 Å². The standard InChI is InChI=1S/C12H24N2/c1-4-13-8-10-5-6-14(9-10)11-7-12(11,2)3/h10-11,13H,4-9H2,1-3H3. The molecule has 2 heteroatoms. The van der Waals surface area contributed by atoms with Crippen molar-refractivity contribution >= 4 is 0 Å². The number of hydrogen-bond acceptors (Lipinski definition) is 2. The largest absolute Gasteiger partial charge is 0.317 e. The van der Waals surface area contributed by atoms with E-state index >= 15 is 0 Å². The molecule has 2 nitrogen and oxygen atoms in total. The van der Waals surface area contributed by atoms with Gasteiger partial charge in [-0.1, -0.05) is 20.8 Å². The topological polar surface area (TPSA) is 15.3 Å². The third kappa shape index (κ3) is 2.12. The van der Waals surface area contributed by atoms with Crippen LogP contribution in [0.1, 0.15) is 33.6 Å². The molecule has 0 spiro atoms. The third-order valence-electron chi connectivity index (χ3n) is 3.90. The lowest BCUT2D eigenvalue weighted by Gasteiger charge is -2.18. The third-order valence-corrected chi connectivity index (χ3v) is 3.90. The van der Waals surface area contributed by atoms with Crippen molar-refractivity contribution in [3.8, 4) is 0 Å². The monoisotopic (exact) mass is 196 g/mol. The molecule has 2 aliphatic rings. The van der Waals surface area contributed by atoms with Gasteiger partial charge in [0.2, 0.25) is 0 Å². The van der Waals surface area contributed by atoms with Gasteiger partial charge in [0.25, 0.3) is 0 Å². The van der Waals surface area contributed by atoms with Gasteiger partial charge in [0.15, 0.2) is 0 Å². The summed E-state index contributed by atoms with van der Waals surface area (Å²) in [5.74, 6) is 0.909. The maximum Gasteiger partial charge on any atom is 0.0153 e. The lowest BCUT2D eigenvalue weighted by molar-refractivity contribution is 0.277. The second kappa shape index (κ2) is 3.82. The fourth-order valence-corrected chi connectivity index (χ4v) is 2.72. The molecule has 82 valence electrons. The smallest absolute Gasteiger partial charge is 0.0153 e. The highest BCUT2D eigenvalue weighted by Gasteiger charge is 2.50. The van der Waals surface area contributed by atoms with E-state index in [9.17, 15) is 0 Å². The van der Waals surface area contributed by atoms with Crippen LogP contribution in [0.25, 0.3) is 0 Å². The minimum atomic E-state index is 0.618. The van der Waals surface area contributed by atoms with E-state index in [2.05, 4.69) is 31.0 Å². The van der Waals surface area contributed by atoms with Gasteiger partial charge in [-0.2, -0.15) is 0 Å². The van der Waals surface area contributed by atoms with E-state index in [-0.39, 0.29) is 0 Å². The Morgan fingerprint density at radius 3 is 2.71 bits per heavy atom. The van der Waals surface area contributed by atoms with E-state index in [1.54, 1.807) is 0 Å². The quantitative estimate of drug-likeness (QED) is 0.736. The zero-order valence-electron chi connectivity index (χ0n) is 9.84. The van der Waals surface area contributed by atoms with Gasteiger partial charge in [-0.15, -0.1) is 0 Å². The van der Waals surface area contributed by atoms with Crippen molar-refractivity contribution in [3.05, 3.63) is 0 Å². The van der Waals surface area contributed by atoms with Crippen LogP contribution in [0.2, 0.25) is 0 Å². The first kappa shape index (κ1) is 10.4. The van der Waals surface area contributed by atoms with E-state index in [4.69, 9.17) is 0 Å². The van der Waals surface area contributed by atoms with Crippen molar-refractivity contribution in [3.63, 3.8) is 0 Å². The molecule has 0 amide bonds. The molecule has 0 aromatic heterocycles. The van der Waals surface area contributed by atoms with Gasteiger partial charge in [-0.3, -0.25) is 4.90 Å². The van der Waals surface area contributed by atoms with Crippen molar-refractivity contribution < 1.29 is 0 Å².